The zero-order valence-corrected chi connectivity index (χ0v) is 16.1. The van der Waals surface area contributed by atoms with Crippen LogP contribution in [0.4, 0.5) is 5.13 Å². The molecule has 1 aromatic carbocycles. The van der Waals surface area contributed by atoms with Crippen LogP contribution < -0.4 is 10.2 Å². The van der Waals surface area contributed by atoms with Gasteiger partial charge in [-0.05, 0) is 49.9 Å². The Morgan fingerprint density at radius 1 is 1.12 bits per heavy atom. The molecular weight excluding hydrogens is 374 g/mol. The molecule has 0 radical (unpaired) electrons. The third-order valence-electron chi connectivity index (χ3n) is 4.19. The lowest BCUT2D eigenvalue weighted by Crippen LogP contribution is -2.22. The molecule has 3 rings (SSSR count). The summed E-state index contributed by atoms with van der Waals surface area (Å²) in [6, 6.07) is 5.64. The van der Waals surface area contributed by atoms with E-state index in [1.165, 1.54) is 60.4 Å². The average Bonchev–Trinajstić information content (AvgIpc) is 2.95. The van der Waals surface area contributed by atoms with Crippen LogP contribution in [0.3, 0.4) is 0 Å². The van der Waals surface area contributed by atoms with Crippen LogP contribution in [-0.2, 0) is 27.7 Å². The van der Waals surface area contributed by atoms with E-state index in [2.05, 4.69) is 15.1 Å². The first kappa shape index (κ1) is 19.0. The Morgan fingerprint density at radius 2 is 1.81 bits per heavy atom. The summed E-state index contributed by atoms with van der Waals surface area (Å²) in [5.74, 6) is -0.310. The van der Waals surface area contributed by atoms with Gasteiger partial charge in [0.2, 0.25) is 0 Å². The summed E-state index contributed by atoms with van der Waals surface area (Å²) in [6.07, 6.45) is 6.74. The minimum atomic E-state index is -3.73. The van der Waals surface area contributed by atoms with Crippen molar-refractivity contribution in [2.75, 3.05) is 12.4 Å². The van der Waals surface area contributed by atoms with Gasteiger partial charge in [0, 0.05) is 10.4 Å². The number of rotatable bonds is 5. The molecule has 1 heterocycles. The fourth-order valence-corrected chi connectivity index (χ4v) is 4.73. The number of hydrogen-bond donors (Lipinski definition) is 2. The van der Waals surface area contributed by atoms with Gasteiger partial charge in [0.15, 0.2) is 5.13 Å². The number of fused-ring (bicyclic) bond motifs is 1. The number of sulfonamides is 1. The van der Waals surface area contributed by atoms with Gasteiger partial charge < -0.3 is 0 Å². The molecule has 0 spiro atoms. The Morgan fingerprint density at radius 3 is 2.50 bits per heavy atom. The molecule has 0 bridgehead atoms. The van der Waals surface area contributed by atoms with E-state index in [1.54, 1.807) is 0 Å². The number of anilines is 1. The van der Waals surface area contributed by atoms with Crippen molar-refractivity contribution in [1.82, 2.24) is 9.87 Å². The van der Waals surface area contributed by atoms with Crippen LogP contribution in [-0.4, -0.2) is 26.4 Å². The highest BCUT2D eigenvalue weighted by molar-refractivity contribution is 7.89. The van der Waals surface area contributed by atoms with Crippen LogP contribution in [0.15, 0.2) is 29.2 Å². The predicted molar refractivity (Wildman–Crippen MR) is 99.7 cm³/mol. The molecule has 0 saturated heterocycles. The number of carbonyl (C=O) groups is 1. The van der Waals surface area contributed by atoms with E-state index < -0.39 is 10.0 Å². The second kappa shape index (κ2) is 8.26. The van der Waals surface area contributed by atoms with Gasteiger partial charge in [-0.2, -0.15) is 0 Å². The minimum absolute atomic E-state index is 0.0214. The molecule has 0 unspecified atom stereocenters. The van der Waals surface area contributed by atoms with Crippen molar-refractivity contribution in [3.63, 3.8) is 0 Å². The minimum Gasteiger partial charge on any atom is -0.298 e. The number of benzene rings is 1. The van der Waals surface area contributed by atoms with Crippen molar-refractivity contribution in [2.24, 2.45) is 0 Å². The van der Waals surface area contributed by atoms with Gasteiger partial charge in [-0.25, -0.2) is 13.4 Å². The SMILES string of the molecule is CONS(=O)(=O)c1ccc(C(=O)Nc2nc3c(s2)CCCCCC3)cc1. The normalized spacial score (nSPS) is 15.0. The summed E-state index contributed by atoms with van der Waals surface area (Å²) in [7, 11) is -2.52. The van der Waals surface area contributed by atoms with E-state index in [-0.39, 0.29) is 10.8 Å². The van der Waals surface area contributed by atoms with E-state index in [0.29, 0.717) is 10.7 Å². The molecule has 0 atom stereocenters. The number of aromatic nitrogens is 1. The lowest BCUT2D eigenvalue weighted by atomic mass is 10.0. The van der Waals surface area contributed by atoms with Crippen molar-refractivity contribution >= 4 is 32.4 Å². The second-order valence-corrected chi connectivity index (χ2v) is 8.80. The van der Waals surface area contributed by atoms with Crippen molar-refractivity contribution < 1.29 is 18.0 Å². The van der Waals surface area contributed by atoms with Crippen LogP contribution in [0.2, 0.25) is 0 Å². The van der Waals surface area contributed by atoms with Gasteiger partial charge in [-0.3, -0.25) is 14.9 Å². The van der Waals surface area contributed by atoms with E-state index in [1.807, 2.05) is 4.89 Å². The van der Waals surface area contributed by atoms with Crippen LogP contribution in [0, 0.1) is 0 Å². The second-order valence-electron chi connectivity index (χ2n) is 6.07. The zero-order chi connectivity index (χ0) is 18.6. The lowest BCUT2D eigenvalue weighted by Gasteiger charge is -2.06. The highest BCUT2D eigenvalue weighted by Crippen LogP contribution is 2.28. The largest absolute Gasteiger partial charge is 0.298 e. The third kappa shape index (κ3) is 4.47. The molecule has 1 aliphatic carbocycles. The van der Waals surface area contributed by atoms with Gasteiger partial charge in [-0.15, -0.1) is 11.3 Å². The first-order valence-electron chi connectivity index (χ1n) is 8.44. The Bertz CT molecular complexity index is 850. The van der Waals surface area contributed by atoms with E-state index >= 15 is 0 Å². The summed E-state index contributed by atoms with van der Waals surface area (Å²) < 4.78 is 23.7. The maximum Gasteiger partial charge on any atom is 0.262 e. The number of nitrogens with one attached hydrogen (secondary N) is 2. The summed E-state index contributed by atoms with van der Waals surface area (Å²) >= 11 is 1.53. The molecule has 1 aromatic heterocycles. The van der Waals surface area contributed by atoms with Gasteiger partial charge >= 0.3 is 0 Å². The molecule has 0 fully saturated rings. The van der Waals surface area contributed by atoms with Gasteiger partial charge in [0.1, 0.15) is 0 Å². The third-order valence-corrected chi connectivity index (χ3v) is 6.54. The summed E-state index contributed by atoms with van der Waals surface area (Å²) in [4.78, 5) is 24.6. The highest BCUT2D eigenvalue weighted by Gasteiger charge is 2.17. The summed E-state index contributed by atoms with van der Waals surface area (Å²) in [5, 5.41) is 3.42. The number of nitrogens with zero attached hydrogens (tertiary/aromatic N) is 1. The molecule has 0 saturated carbocycles. The lowest BCUT2D eigenvalue weighted by molar-refractivity contribution is 0.102. The molecule has 140 valence electrons. The summed E-state index contributed by atoms with van der Waals surface area (Å²) in [6.45, 7) is 0. The molecule has 2 N–H and O–H groups in total. The predicted octanol–water partition coefficient (Wildman–Crippen LogP) is 2.89. The van der Waals surface area contributed by atoms with Crippen LogP contribution >= 0.6 is 11.3 Å². The Labute approximate surface area is 156 Å². The Kier molecular flexibility index (Phi) is 6.02. The Balaban J connectivity index is 1.71. The topological polar surface area (TPSA) is 97.4 Å². The van der Waals surface area contributed by atoms with Crippen LogP contribution in [0.1, 0.15) is 46.6 Å². The number of hydrogen-bond acceptors (Lipinski definition) is 6. The molecule has 1 aliphatic rings. The molecule has 26 heavy (non-hydrogen) atoms. The smallest absolute Gasteiger partial charge is 0.262 e. The quantitative estimate of drug-likeness (QED) is 0.759. The molecule has 2 aromatic rings. The number of aryl methyl sites for hydroxylation is 2. The maximum absolute atomic E-state index is 12.4. The van der Waals surface area contributed by atoms with Crippen molar-refractivity contribution in [3.8, 4) is 0 Å². The van der Waals surface area contributed by atoms with E-state index in [9.17, 15) is 13.2 Å². The van der Waals surface area contributed by atoms with Gasteiger partial charge in [0.25, 0.3) is 15.9 Å². The number of thiazole rings is 1. The fraction of sp³-hybridized carbons (Fsp3) is 0.412. The highest BCUT2D eigenvalue weighted by atomic mass is 32.2. The van der Waals surface area contributed by atoms with E-state index in [4.69, 9.17) is 0 Å². The molecule has 7 nitrogen and oxygen atoms in total. The standard InChI is InChI=1S/C17H21N3O4S2/c1-24-20-26(22,23)13-10-8-12(9-11-13)16(21)19-17-18-14-6-4-2-3-5-7-15(14)25-17/h8-11,20H,2-7H2,1H3,(H,18,19,21). The Hall–Kier alpha value is -1.81. The maximum atomic E-state index is 12.4. The monoisotopic (exact) mass is 395 g/mol. The van der Waals surface area contributed by atoms with Gasteiger partial charge in [0.05, 0.1) is 17.7 Å². The zero-order valence-electron chi connectivity index (χ0n) is 14.4. The molecule has 9 heteroatoms. The first-order valence-corrected chi connectivity index (χ1v) is 10.7. The number of carbonyl (C=O) groups excluding carboxylic acids is 1. The molecular formula is C17H21N3O4S2. The van der Waals surface area contributed by atoms with Crippen LogP contribution in [0.5, 0.6) is 0 Å². The van der Waals surface area contributed by atoms with Crippen molar-refractivity contribution in [3.05, 3.63) is 40.4 Å². The van der Waals surface area contributed by atoms with Crippen molar-refractivity contribution in [2.45, 2.75) is 43.4 Å². The average molecular weight is 396 g/mol. The summed E-state index contributed by atoms with van der Waals surface area (Å²) in [5.41, 5.74) is 1.46. The molecule has 0 aliphatic heterocycles. The molecule has 1 amide bonds. The van der Waals surface area contributed by atoms with Crippen molar-refractivity contribution in [1.29, 1.82) is 0 Å². The van der Waals surface area contributed by atoms with Gasteiger partial charge in [-0.1, -0.05) is 17.7 Å². The van der Waals surface area contributed by atoms with E-state index in [0.717, 1.165) is 31.4 Å². The number of amides is 1. The first-order chi connectivity index (χ1) is 12.5. The fourth-order valence-electron chi connectivity index (χ4n) is 2.87. The van der Waals surface area contributed by atoms with Crippen LogP contribution in [0.25, 0.3) is 0 Å².